The first-order valence-corrected chi connectivity index (χ1v) is 8.38. The molecule has 1 fully saturated rings. The molecule has 2 rings (SSSR count). The van der Waals surface area contributed by atoms with Gasteiger partial charge >= 0.3 is 0 Å². The summed E-state index contributed by atoms with van der Waals surface area (Å²) in [5, 5.41) is 14.0. The number of sulfone groups is 1. The lowest BCUT2D eigenvalue weighted by atomic mass is 10.0. The fraction of sp³-hybridized carbons (Fsp3) is 0.538. The number of halogens is 1. The third-order valence-electron chi connectivity index (χ3n) is 3.44. The molecule has 4 nitrogen and oxygen atoms in total. The van der Waals surface area contributed by atoms with Crippen molar-refractivity contribution in [3.05, 3.63) is 34.3 Å². The minimum Gasteiger partial charge on any atom is -0.387 e. The van der Waals surface area contributed by atoms with E-state index in [0.717, 1.165) is 11.1 Å². The summed E-state index contributed by atoms with van der Waals surface area (Å²) in [5.74, 6) is -0.0717. The van der Waals surface area contributed by atoms with Crippen LogP contribution in [0.25, 0.3) is 0 Å². The monoisotopic (exact) mass is 303 g/mol. The Labute approximate surface area is 118 Å². The smallest absolute Gasteiger partial charge is 0.153 e. The highest BCUT2D eigenvalue weighted by atomic mass is 35.5. The fourth-order valence-corrected chi connectivity index (χ4v) is 4.45. The summed E-state index contributed by atoms with van der Waals surface area (Å²) >= 11 is 5.88. The van der Waals surface area contributed by atoms with Gasteiger partial charge < -0.3 is 10.4 Å². The van der Waals surface area contributed by atoms with Crippen molar-refractivity contribution in [3.8, 4) is 0 Å². The van der Waals surface area contributed by atoms with E-state index in [1.807, 2.05) is 25.1 Å². The first kappa shape index (κ1) is 14.8. The highest BCUT2D eigenvalue weighted by molar-refractivity contribution is 7.91. The molecule has 1 heterocycles. The molecule has 1 aromatic rings. The van der Waals surface area contributed by atoms with Gasteiger partial charge in [0.1, 0.15) is 0 Å². The number of hydrogen-bond donors (Lipinski definition) is 2. The lowest BCUT2D eigenvalue weighted by Gasteiger charge is -2.21. The van der Waals surface area contributed by atoms with Crippen LogP contribution in [0.4, 0.5) is 0 Å². The van der Waals surface area contributed by atoms with E-state index in [0.29, 0.717) is 18.0 Å². The van der Waals surface area contributed by atoms with Gasteiger partial charge in [-0.25, -0.2) is 8.42 Å². The number of aryl methyl sites for hydroxylation is 1. The van der Waals surface area contributed by atoms with Crippen LogP contribution in [0.5, 0.6) is 0 Å². The Balaban J connectivity index is 1.90. The quantitative estimate of drug-likeness (QED) is 0.879. The van der Waals surface area contributed by atoms with Gasteiger partial charge in [-0.15, -0.1) is 0 Å². The number of hydrogen-bond acceptors (Lipinski definition) is 4. The molecule has 0 unspecified atom stereocenters. The second-order valence-corrected chi connectivity index (χ2v) is 7.86. The van der Waals surface area contributed by atoms with Crippen LogP contribution < -0.4 is 5.32 Å². The van der Waals surface area contributed by atoms with Crippen LogP contribution in [0.2, 0.25) is 5.02 Å². The Kier molecular flexibility index (Phi) is 4.20. The molecule has 0 amide bonds. The van der Waals surface area contributed by atoms with E-state index >= 15 is 0 Å². The van der Waals surface area contributed by atoms with Gasteiger partial charge in [0.15, 0.2) is 9.84 Å². The van der Waals surface area contributed by atoms with Crippen molar-refractivity contribution in [1.82, 2.24) is 5.32 Å². The number of aliphatic hydroxyl groups is 1. The first-order chi connectivity index (χ1) is 8.80. The summed E-state index contributed by atoms with van der Waals surface area (Å²) in [6.07, 6.45) is 0.307. The van der Waals surface area contributed by atoms with E-state index < -0.39 is 15.4 Å². The van der Waals surface area contributed by atoms with Crippen LogP contribution in [0, 0.1) is 6.92 Å². The van der Waals surface area contributed by atoms with Gasteiger partial charge in [0.2, 0.25) is 0 Å². The van der Waals surface area contributed by atoms with Crippen LogP contribution >= 0.6 is 11.6 Å². The van der Waals surface area contributed by atoms with E-state index in [2.05, 4.69) is 5.32 Å². The molecule has 0 radical (unpaired) electrons. The largest absolute Gasteiger partial charge is 0.387 e. The fourth-order valence-electron chi connectivity index (χ4n) is 2.33. The van der Waals surface area contributed by atoms with E-state index in [1.165, 1.54) is 0 Å². The topological polar surface area (TPSA) is 66.4 Å². The van der Waals surface area contributed by atoms with E-state index in [1.54, 1.807) is 0 Å². The molecule has 106 valence electrons. The molecule has 0 aromatic heterocycles. The van der Waals surface area contributed by atoms with E-state index in [9.17, 15) is 13.5 Å². The summed E-state index contributed by atoms with van der Waals surface area (Å²) < 4.78 is 22.7. The van der Waals surface area contributed by atoms with Crippen LogP contribution in [0.1, 0.15) is 17.5 Å². The minimum absolute atomic E-state index is 0.0746. The molecular formula is C13H18ClNO3S. The summed E-state index contributed by atoms with van der Waals surface area (Å²) in [4.78, 5) is 0. The van der Waals surface area contributed by atoms with Crippen molar-refractivity contribution in [2.75, 3.05) is 18.1 Å². The average molecular weight is 304 g/mol. The first-order valence-electron chi connectivity index (χ1n) is 6.18. The predicted molar refractivity (Wildman–Crippen MR) is 76.1 cm³/mol. The van der Waals surface area contributed by atoms with E-state index in [-0.39, 0.29) is 18.1 Å². The molecule has 2 N–H and O–H groups in total. The highest BCUT2D eigenvalue weighted by Gasteiger charge is 2.40. The molecule has 1 aliphatic rings. The van der Waals surface area contributed by atoms with Gasteiger partial charge in [-0.2, -0.15) is 0 Å². The highest BCUT2D eigenvalue weighted by Crippen LogP contribution is 2.22. The predicted octanol–water partition coefficient (Wildman–Crippen LogP) is 1.29. The second kappa shape index (κ2) is 5.40. The van der Waals surface area contributed by atoms with Gasteiger partial charge in [-0.3, -0.25) is 0 Å². The Morgan fingerprint density at radius 3 is 2.79 bits per heavy atom. The Morgan fingerprint density at radius 1 is 1.47 bits per heavy atom. The lowest BCUT2D eigenvalue weighted by molar-refractivity contribution is 0.0670. The summed E-state index contributed by atoms with van der Waals surface area (Å²) in [5.41, 5.74) is 1.04. The summed E-state index contributed by atoms with van der Waals surface area (Å²) in [6, 6.07) is 5.63. The van der Waals surface area contributed by atoms with Crippen molar-refractivity contribution >= 4 is 21.4 Å². The van der Waals surface area contributed by atoms with Gasteiger partial charge in [-0.05, 0) is 36.6 Å². The van der Waals surface area contributed by atoms with E-state index in [4.69, 9.17) is 11.6 Å². The summed E-state index contributed by atoms with van der Waals surface area (Å²) in [6.45, 7) is 2.84. The number of nitrogens with one attached hydrogen (secondary N) is 1. The zero-order valence-electron chi connectivity index (χ0n) is 10.8. The Morgan fingerprint density at radius 2 is 2.21 bits per heavy atom. The van der Waals surface area contributed by atoms with Crippen molar-refractivity contribution in [2.45, 2.75) is 25.5 Å². The Hall–Kier alpha value is -0.620. The molecule has 0 aliphatic carbocycles. The van der Waals surface area contributed by atoms with Gasteiger partial charge in [0, 0.05) is 18.1 Å². The van der Waals surface area contributed by atoms with Crippen LogP contribution in [-0.4, -0.2) is 37.2 Å². The van der Waals surface area contributed by atoms with Crippen molar-refractivity contribution in [1.29, 1.82) is 0 Å². The molecule has 1 aromatic carbocycles. The van der Waals surface area contributed by atoms with Crippen molar-refractivity contribution < 1.29 is 13.5 Å². The van der Waals surface area contributed by atoms with Crippen molar-refractivity contribution in [3.63, 3.8) is 0 Å². The van der Waals surface area contributed by atoms with Crippen LogP contribution in [-0.2, 0) is 16.4 Å². The SMILES string of the molecule is Cc1cc(Cl)ccc1CNC[C@]1(O)CCS(=O)(=O)C1. The number of benzene rings is 1. The minimum atomic E-state index is -3.07. The molecule has 0 saturated carbocycles. The molecule has 0 spiro atoms. The van der Waals surface area contributed by atoms with Crippen LogP contribution in [0.15, 0.2) is 18.2 Å². The van der Waals surface area contributed by atoms with Crippen LogP contribution in [0.3, 0.4) is 0 Å². The second-order valence-electron chi connectivity index (χ2n) is 5.24. The molecule has 1 atom stereocenters. The maximum absolute atomic E-state index is 11.4. The lowest BCUT2D eigenvalue weighted by Crippen LogP contribution is -2.41. The third kappa shape index (κ3) is 3.92. The molecule has 6 heteroatoms. The normalized spacial score (nSPS) is 25.6. The molecule has 1 aliphatic heterocycles. The maximum atomic E-state index is 11.4. The third-order valence-corrected chi connectivity index (χ3v) is 5.48. The summed E-state index contributed by atoms with van der Waals surface area (Å²) in [7, 11) is -3.07. The maximum Gasteiger partial charge on any atom is 0.153 e. The standard InChI is InChI=1S/C13H18ClNO3S/c1-10-6-12(14)3-2-11(10)7-15-8-13(16)4-5-19(17,18)9-13/h2-3,6,15-16H,4-5,7-9H2,1H3/t13-/m1/s1. The zero-order chi connectivity index (χ0) is 14.1. The van der Waals surface area contributed by atoms with Crippen molar-refractivity contribution in [2.24, 2.45) is 0 Å². The molecule has 0 bridgehead atoms. The molecule has 1 saturated heterocycles. The average Bonchev–Trinajstić information content (AvgIpc) is 2.57. The zero-order valence-corrected chi connectivity index (χ0v) is 12.4. The number of rotatable bonds is 4. The van der Waals surface area contributed by atoms with Gasteiger partial charge in [-0.1, -0.05) is 17.7 Å². The van der Waals surface area contributed by atoms with Gasteiger partial charge in [0.05, 0.1) is 17.1 Å². The molecular weight excluding hydrogens is 286 g/mol. The van der Waals surface area contributed by atoms with Gasteiger partial charge in [0.25, 0.3) is 0 Å². The molecule has 19 heavy (non-hydrogen) atoms. The Bertz CT molecular complexity index is 573.